The van der Waals surface area contributed by atoms with Crippen LogP contribution in [0.3, 0.4) is 0 Å². The molecule has 0 bridgehead atoms. The van der Waals surface area contributed by atoms with Gasteiger partial charge >= 0.3 is 0 Å². The zero-order chi connectivity index (χ0) is 11.5. The van der Waals surface area contributed by atoms with E-state index in [0.29, 0.717) is 23.4 Å². The molecule has 1 saturated heterocycles. The average Bonchev–Trinajstić information content (AvgIpc) is 2.66. The molecular formula is C12H15ClFNO. The number of hydrogen-bond acceptors (Lipinski definition) is 2. The molecule has 0 amide bonds. The number of anilines is 1. The fourth-order valence-corrected chi connectivity index (χ4v) is 2.06. The highest BCUT2D eigenvalue weighted by Gasteiger charge is 2.21. The second-order valence-electron chi connectivity index (χ2n) is 4.15. The van der Waals surface area contributed by atoms with Gasteiger partial charge in [-0.25, -0.2) is 4.39 Å². The summed E-state index contributed by atoms with van der Waals surface area (Å²) in [6, 6.07) is 4.49. The van der Waals surface area contributed by atoms with Gasteiger partial charge in [0.1, 0.15) is 5.82 Å². The van der Waals surface area contributed by atoms with Crippen molar-refractivity contribution in [2.24, 2.45) is 0 Å². The van der Waals surface area contributed by atoms with Crippen LogP contribution in [0.5, 0.6) is 0 Å². The monoisotopic (exact) mass is 243 g/mol. The molecule has 1 aliphatic rings. The van der Waals surface area contributed by atoms with Crippen molar-refractivity contribution in [1.29, 1.82) is 0 Å². The first-order valence-electron chi connectivity index (χ1n) is 5.49. The zero-order valence-corrected chi connectivity index (χ0v) is 9.93. The van der Waals surface area contributed by atoms with E-state index in [0.717, 1.165) is 12.8 Å². The van der Waals surface area contributed by atoms with Gasteiger partial charge < -0.3 is 10.1 Å². The molecule has 0 saturated carbocycles. The third-order valence-corrected chi connectivity index (χ3v) is 3.00. The Labute approximate surface area is 99.7 Å². The van der Waals surface area contributed by atoms with Crippen LogP contribution in [0.1, 0.15) is 19.8 Å². The molecule has 0 aliphatic carbocycles. The summed E-state index contributed by atoms with van der Waals surface area (Å²) in [5.41, 5.74) is 0.440. The lowest BCUT2D eigenvalue weighted by Gasteiger charge is -2.13. The lowest BCUT2D eigenvalue weighted by molar-refractivity contribution is 0.0636. The highest BCUT2D eigenvalue weighted by atomic mass is 35.5. The molecule has 2 unspecified atom stereocenters. The summed E-state index contributed by atoms with van der Waals surface area (Å²) < 4.78 is 19.0. The van der Waals surface area contributed by atoms with E-state index in [-0.39, 0.29) is 11.9 Å². The molecule has 1 aliphatic heterocycles. The van der Waals surface area contributed by atoms with Crippen LogP contribution in [0.15, 0.2) is 18.2 Å². The summed E-state index contributed by atoms with van der Waals surface area (Å²) in [7, 11) is 0. The van der Waals surface area contributed by atoms with Gasteiger partial charge in [0.25, 0.3) is 0 Å². The number of nitrogens with one attached hydrogen (secondary N) is 1. The summed E-state index contributed by atoms with van der Waals surface area (Å²) in [4.78, 5) is 0. The van der Waals surface area contributed by atoms with Gasteiger partial charge in [-0.15, -0.1) is 0 Å². The first-order valence-corrected chi connectivity index (χ1v) is 5.87. The van der Waals surface area contributed by atoms with Crippen LogP contribution >= 0.6 is 11.6 Å². The highest BCUT2D eigenvalue weighted by molar-refractivity contribution is 6.30. The molecule has 1 N–H and O–H groups in total. The van der Waals surface area contributed by atoms with Gasteiger partial charge in [0.05, 0.1) is 17.9 Å². The van der Waals surface area contributed by atoms with Crippen LogP contribution in [0.2, 0.25) is 5.02 Å². The number of halogens is 2. The van der Waals surface area contributed by atoms with Gasteiger partial charge in [0.15, 0.2) is 0 Å². The maximum Gasteiger partial charge on any atom is 0.146 e. The minimum Gasteiger partial charge on any atom is -0.380 e. The molecular weight excluding hydrogens is 229 g/mol. The van der Waals surface area contributed by atoms with Gasteiger partial charge in [0, 0.05) is 11.6 Å². The molecule has 4 heteroatoms. The second-order valence-corrected chi connectivity index (χ2v) is 4.59. The summed E-state index contributed by atoms with van der Waals surface area (Å²) in [5.74, 6) is -0.282. The van der Waals surface area contributed by atoms with Crippen molar-refractivity contribution in [3.63, 3.8) is 0 Å². The van der Waals surface area contributed by atoms with E-state index in [1.54, 1.807) is 6.07 Å². The molecule has 88 valence electrons. The van der Waals surface area contributed by atoms with E-state index >= 15 is 0 Å². The average molecular weight is 244 g/mol. The third kappa shape index (κ3) is 2.86. The van der Waals surface area contributed by atoms with E-state index in [4.69, 9.17) is 16.3 Å². The van der Waals surface area contributed by atoms with Crippen molar-refractivity contribution in [1.82, 2.24) is 0 Å². The van der Waals surface area contributed by atoms with Gasteiger partial charge in [-0.05, 0) is 38.0 Å². The normalized spacial score (nSPS) is 24.7. The summed E-state index contributed by atoms with van der Waals surface area (Å²) >= 11 is 5.80. The molecule has 1 heterocycles. The van der Waals surface area contributed by atoms with Crippen LogP contribution in [0.4, 0.5) is 10.1 Å². The standard InChI is InChI=1S/C12H15ClFNO/c1-8-2-4-10(16-8)7-15-12-6-9(13)3-5-11(12)14/h3,5-6,8,10,15H,2,4,7H2,1H3. The van der Waals surface area contributed by atoms with Crippen molar-refractivity contribution < 1.29 is 9.13 Å². The first-order chi connectivity index (χ1) is 7.65. The molecule has 2 atom stereocenters. The number of rotatable bonds is 3. The lowest BCUT2D eigenvalue weighted by Crippen LogP contribution is -2.20. The Balaban J connectivity index is 1.91. The van der Waals surface area contributed by atoms with Crippen molar-refractivity contribution in [3.05, 3.63) is 29.0 Å². The lowest BCUT2D eigenvalue weighted by atomic mass is 10.2. The van der Waals surface area contributed by atoms with E-state index < -0.39 is 0 Å². The molecule has 1 aromatic rings. The Kier molecular flexibility index (Phi) is 3.66. The summed E-state index contributed by atoms with van der Waals surface area (Å²) in [5, 5.41) is 3.56. The van der Waals surface area contributed by atoms with Crippen molar-refractivity contribution in [2.45, 2.75) is 32.0 Å². The van der Waals surface area contributed by atoms with Crippen LogP contribution < -0.4 is 5.32 Å². The molecule has 1 aromatic carbocycles. The minimum atomic E-state index is -0.282. The number of hydrogen-bond donors (Lipinski definition) is 1. The fourth-order valence-electron chi connectivity index (χ4n) is 1.89. The van der Waals surface area contributed by atoms with E-state index in [1.807, 2.05) is 0 Å². The molecule has 0 spiro atoms. The van der Waals surface area contributed by atoms with Crippen LogP contribution in [0.25, 0.3) is 0 Å². The smallest absolute Gasteiger partial charge is 0.146 e. The van der Waals surface area contributed by atoms with Crippen molar-refractivity contribution in [3.8, 4) is 0 Å². The Morgan fingerprint density at radius 3 is 3.00 bits per heavy atom. The summed E-state index contributed by atoms with van der Waals surface area (Å²) in [6.07, 6.45) is 2.59. The first kappa shape index (κ1) is 11.7. The molecule has 16 heavy (non-hydrogen) atoms. The Hall–Kier alpha value is -0.800. The van der Waals surface area contributed by atoms with E-state index in [9.17, 15) is 4.39 Å². The minimum absolute atomic E-state index is 0.174. The zero-order valence-electron chi connectivity index (χ0n) is 9.17. The van der Waals surface area contributed by atoms with E-state index in [1.165, 1.54) is 12.1 Å². The van der Waals surface area contributed by atoms with E-state index in [2.05, 4.69) is 12.2 Å². The van der Waals surface area contributed by atoms with Crippen LogP contribution in [0, 0.1) is 5.82 Å². The molecule has 2 rings (SSSR count). The molecule has 0 radical (unpaired) electrons. The quantitative estimate of drug-likeness (QED) is 0.878. The Bertz CT molecular complexity index is 372. The van der Waals surface area contributed by atoms with Crippen molar-refractivity contribution >= 4 is 17.3 Å². The Morgan fingerprint density at radius 1 is 1.50 bits per heavy atom. The van der Waals surface area contributed by atoms with Crippen molar-refractivity contribution in [2.75, 3.05) is 11.9 Å². The molecule has 1 fully saturated rings. The number of ether oxygens (including phenoxy) is 1. The highest BCUT2D eigenvalue weighted by Crippen LogP contribution is 2.22. The second kappa shape index (κ2) is 5.02. The van der Waals surface area contributed by atoms with Gasteiger partial charge in [0.2, 0.25) is 0 Å². The summed E-state index contributed by atoms with van der Waals surface area (Å²) in [6.45, 7) is 2.68. The largest absolute Gasteiger partial charge is 0.380 e. The Morgan fingerprint density at radius 2 is 2.31 bits per heavy atom. The predicted octanol–water partition coefficient (Wildman–Crippen LogP) is 3.46. The predicted molar refractivity (Wildman–Crippen MR) is 63.5 cm³/mol. The van der Waals surface area contributed by atoms with Crippen LogP contribution in [-0.2, 0) is 4.74 Å². The molecule has 2 nitrogen and oxygen atoms in total. The SMILES string of the molecule is CC1CCC(CNc2cc(Cl)ccc2F)O1. The van der Waals surface area contributed by atoms with Crippen LogP contribution in [-0.4, -0.2) is 18.8 Å². The maximum atomic E-state index is 13.4. The molecule has 0 aromatic heterocycles. The number of benzene rings is 1. The topological polar surface area (TPSA) is 21.3 Å². The van der Waals surface area contributed by atoms with Gasteiger partial charge in [-0.2, -0.15) is 0 Å². The van der Waals surface area contributed by atoms with Gasteiger partial charge in [-0.3, -0.25) is 0 Å². The maximum absolute atomic E-state index is 13.4. The van der Waals surface area contributed by atoms with Gasteiger partial charge in [-0.1, -0.05) is 11.6 Å². The third-order valence-electron chi connectivity index (χ3n) is 2.77. The fraction of sp³-hybridized carbons (Fsp3) is 0.500.